The van der Waals surface area contributed by atoms with Gasteiger partial charge in [0.15, 0.2) is 11.5 Å². The highest BCUT2D eigenvalue weighted by molar-refractivity contribution is 7.89. The van der Waals surface area contributed by atoms with E-state index in [-0.39, 0.29) is 16.7 Å². The molecule has 0 spiro atoms. The van der Waals surface area contributed by atoms with E-state index in [9.17, 15) is 13.2 Å². The zero-order valence-corrected chi connectivity index (χ0v) is 20.2. The van der Waals surface area contributed by atoms with Crippen molar-refractivity contribution in [2.75, 3.05) is 32.6 Å². The first-order chi connectivity index (χ1) is 15.2. The molecule has 2 aromatic carbocycles. The van der Waals surface area contributed by atoms with Crippen LogP contribution in [0.2, 0.25) is 0 Å². The number of hydrogen-bond acceptors (Lipinski definition) is 5. The minimum absolute atomic E-state index is 0.0515. The first-order valence-corrected chi connectivity index (χ1v) is 12.3. The van der Waals surface area contributed by atoms with Crippen LogP contribution < -0.4 is 14.8 Å². The number of carbonyl (C=O) groups excluding carboxylic acids is 1. The van der Waals surface area contributed by atoms with Crippen LogP contribution >= 0.6 is 0 Å². The molecule has 1 heterocycles. The van der Waals surface area contributed by atoms with Crippen LogP contribution in [0.4, 0.5) is 5.69 Å². The number of sulfonamides is 1. The molecule has 32 heavy (non-hydrogen) atoms. The van der Waals surface area contributed by atoms with Crippen molar-refractivity contribution in [2.24, 2.45) is 5.92 Å². The Kier molecular flexibility index (Phi) is 7.46. The molecule has 0 aliphatic carbocycles. The highest BCUT2D eigenvalue weighted by Crippen LogP contribution is 2.33. The largest absolute Gasteiger partial charge is 0.493 e. The second kappa shape index (κ2) is 9.92. The van der Waals surface area contributed by atoms with Crippen molar-refractivity contribution in [1.29, 1.82) is 0 Å². The number of rotatable bonds is 7. The van der Waals surface area contributed by atoms with Gasteiger partial charge in [0.1, 0.15) is 0 Å². The minimum Gasteiger partial charge on any atom is -0.493 e. The van der Waals surface area contributed by atoms with Gasteiger partial charge in [-0.3, -0.25) is 4.79 Å². The summed E-state index contributed by atoms with van der Waals surface area (Å²) in [7, 11) is -0.714. The second-order valence-electron chi connectivity index (χ2n) is 8.38. The molecule has 174 valence electrons. The Labute approximate surface area is 190 Å². The van der Waals surface area contributed by atoms with Crippen molar-refractivity contribution >= 4 is 21.6 Å². The van der Waals surface area contributed by atoms with Gasteiger partial charge in [0.05, 0.1) is 19.1 Å². The number of methoxy groups -OCH3 is 2. The van der Waals surface area contributed by atoms with Gasteiger partial charge >= 0.3 is 0 Å². The van der Waals surface area contributed by atoms with E-state index in [1.807, 2.05) is 25.1 Å². The monoisotopic (exact) mass is 460 g/mol. The first kappa shape index (κ1) is 24.1. The Balaban J connectivity index is 1.69. The number of para-hydroxylation sites is 1. The molecule has 0 radical (unpaired) electrons. The first-order valence-electron chi connectivity index (χ1n) is 10.8. The van der Waals surface area contributed by atoms with E-state index >= 15 is 0 Å². The number of anilines is 1. The third kappa shape index (κ3) is 4.91. The molecule has 1 aliphatic rings. The quantitative estimate of drug-likeness (QED) is 0.670. The summed E-state index contributed by atoms with van der Waals surface area (Å²) < 4.78 is 38.1. The van der Waals surface area contributed by atoms with Gasteiger partial charge in [-0.1, -0.05) is 32.0 Å². The molecule has 7 nitrogen and oxygen atoms in total. The number of benzene rings is 2. The molecule has 1 N–H and O–H groups in total. The zero-order chi connectivity index (χ0) is 23.5. The van der Waals surface area contributed by atoms with E-state index in [0.717, 1.165) is 16.8 Å². The number of carbonyl (C=O) groups is 1. The Bertz CT molecular complexity index is 1070. The van der Waals surface area contributed by atoms with Crippen molar-refractivity contribution in [3.05, 3.63) is 47.5 Å². The normalized spacial score (nSPS) is 15.6. The highest BCUT2D eigenvalue weighted by atomic mass is 32.2. The van der Waals surface area contributed by atoms with Crippen molar-refractivity contribution in [2.45, 2.75) is 44.4 Å². The van der Waals surface area contributed by atoms with Crippen LogP contribution in [0.5, 0.6) is 11.5 Å². The summed E-state index contributed by atoms with van der Waals surface area (Å²) in [6.45, 7) is 6.77. The molecular formula is C24H32N2O5S. The van der Waals surface area contributed by atoms with Crippen LogP contribution in [0.3, 0.4) is 0 Å². The van der Waals surface area contributed by atoms with Gasteiger partial charge < -0.3 is 14.8 Å². The Hall–Kier alpha value is -2.58. The molecule has 0 aromatic heterocycles. The number of nitrogens with zero attached hydrogens (tertiary/aromatic N) is 1. The van der Waals surface area contributed by atoms with E-state index in [2.05, 4.69) is 19.2 Å². The number of aryl methyl sites for hydroxylation is 1. The predicted octanol–water partition coefficient (Wildman–Crippen LogP) is 4.18. The van der Waals surface area contributed by atoms with Gasteiger partial charge in [0.2, 0.25) is 15.9 Å². The van der Waals surface area contributed by atoms with Crippen LogP contribution in [0.25, 0.3) is 0 Å². The molecule has 0 unspecified atom stereocenters. The molecule has 0 bridgehead atoms. The fourth-order valence-corrected chi connectivity index (χ4v) is 5.54. The van der Waals surface area contributed by atoms with E-state index < -0.39 is 10.0 Å². The topological polar surface area (TPSA) is 84.9 Å². The molecule has 1 aliphatic heterocycles. The number of ether oxygens (including phenoxy) is 2. The van der Waals surface area contributed by atoms with Crippen molar-refractivity contribution < 1.29 is 22.7 Å². The Morgan fingerprint density at radius 3 is 2.31 bits per heavy atom. The number of amides is 1. The SMILES string of the molecule is COc1ccc(S(=O)(=O)N2CCC(C(=O)Nc3c(C)cccc3C(C)C)CC2)cc1OC. The maximum Gasteiger partial charge on any atom is 0.243 e. The molecule has 3 rings (SSSR count). The lowest BCUT2D eigenvalue weighted by atomic mass is 9.95. The van der Waals surface area contributed by atoms with Gasteiger partial charge in [-0.15, -0.1) is 0 Å². The van der Waals surface area contributed by atoms with Gasteiger partial charge in [-0.05, 0) is 48.9 Å². The summed E-state index contributed by atoms with van der Waals surface area (Å²) in [5.74, 6) is 0.843. The van der Waals surface area contributed by atoms with Gasteiger partial charge in [0.25, 0.3) is 0 Å². The van der Waals surface area contributed by atoms with Crippen LogP contribution in [-0.2, 0) is 14.8 Å². The summed E-state index contributed by atoms with van der Waals surface area (Å²) in [5, 5.41) is 3.11. The molecular weight excluding hydrogens is 428 g/mol. The van der Waals surface area contributed by atoms with E-state index in [0.29, 0.717) is 43.3 Å². The van der Waals surface area contributed by atoms with E-state index in [4.69, 9.17) is 9.47 Å². The third-order valence-corrected chi connectivity index (χ3v) is 7.89. The summed E-state index contributed by atoms with van der Waals surface area (Å²) >= 11 is 0. The molecule has 8 heteroatoms. The molecule has 1 saturated heterocycles. The zero-order valence-electron chi connectivity index (χ0n) is 19.3. The lowest BCUT2D eigenvalue weighted by Crippen LogP contribution is -2.41. The lowest BCUT2D eigenvalue weighted by molar-refractivity contribution is -0.120. The van der Waals surface area contributed by atoms with Crippen LogP contribution in [0.15, 0.2) is 41.3 Å². The summed E-state index contributed by atoms with van der Waals surface area (Å²) in [6.07, 6.45) is 0.947. The average Bonchev–Trinajstić information content (AvgIpc) is 2.79. The number of nitrogens with one attached hydrogen (secondary N) is 1. The predicted molar refractivity (Wildman–Crippen MR) is 125 cm³/mol. The van der Waals surface area contributed by atoms with E-state index in [1.165, 1.54) is 30.7 Å². The Morgan fingerprint density at radius 1 is 1.06 bits per heavy atom. The number of hydrogen-bond donors (Lipinski definition) is 1. The second-order valence-corrected chi connectivity index (χ2v) is 10.3. The van der Waals surface area contributed by atoms with E-state index in [1.54, 1.807) is 6.07 Å². The van der Waals surface area contributed by atoms with Crippen molar-refractivity contribution in [1.82, 2.24) is 4.31 Å². The standard InChI is InChI=1S/C24H32N2O5S/c1-16(2)20-8-6-7-17(3)23(20)25-24(27)18-11-13-26(14-12-18)32(28,29)19-9-10-21(30-4)22(15-19)31-5/h6-10,15-16,18H,11-14H2,1-5H3,(H,25,27). The highest BCUT2D eigenvalue weighted by Gasteiger charge is 2.33. The van der Waals surface area contributed by atoms with Crippen LogP contribution in [0.1, 0.15) is 43.7 Å². The summed E-state index contributed by atoms with van der Waals surface area (Å²) in [4.78, 5) is 13.1. The summed E-state index contributed by atoms with van der Waals surface area (Å²) in [5.41, 5.74) is 3.00. The average molecular weight is 461 g/mol. The Morgan fingerprint density at radius 2 is 1.72 bits per heavy atom. The van der Waals surface area contributed by atoms with Crippen molar-refractivity contribution in [3.8, 4) is 11.5 Å². The fourth-order valence-electron chi connectivity index (χ4n) is 4.05. The molecule has 1 fully saturated rings. The fraction of sp³-hybridized carbons (Fsp3) is 0.458. The smallest absolute Gasteiger partial charge is 0.243 e. The molecule has 1 amide bonds. The van der Waals surface area contributed by atoms with Gasteiger partial charge in [0, 0.05) is 30.8 Å². The molecule has 2 aromatic rings. The number of piperidine rings is 1. The lowest BCUT2D eigenvalue weighted by Gasteiger charge is -2.31. The van der Waals surface area contributed by atoms with Crippen LogP contribution in [0, 0.1) is 12.8 Å². The maximum absolute atomic E-state index is 13.1. The minimum atomic E-state index is -3.69. The van der Waals surface area contributed by atoms with Crippen LogP contribution in [-0.4, -0.2) is 45.9 Å². The van der Waals surface area contributed by atoms with Gasteiger partial charge in [-0.25, -0.2) is 8.42 Å². The van der Waals surface area contributed by atoms with Gasteiger partial charge in [-0.2, -0.15) is 4.31 Å². The summed E-state index contributed by atoms with van der Waals surface area (Å²) in [6, 6.07) is 10.6. The molecule has 0 atom stereocenters. The van der Waals surface area contributed by atoms with Crippen molar-refractivity contribution in [3.63, 3.8) is 0 Å². The maximum atomic E-state index is 13.1. The molecule has 0 saturated carbocycles. The third-order valence-electron chi connectivity index (χ3n) is 5.99.